The van der Waals surface area contributed by atoms with E-state index in [0.717, 1.165) is 4.47 Å². The smallest absolute Gasteiger partial charge is 0.274 e. The third kappa shape index (κ3) is 2.87. The summed E-state index contributed by atoms with van der Waals surface area (Å²) >= 11 is 3.36. The number of halogens is 1. The Labute approximate surface area is 113 Å². The number of anilines is 1. The lowest BCUT2D eigenvalue weighted by molar-refractivity contribution is 0.102. The highest BCUT2D eigenvalue weighted by molar-refractivity contribution is 9.10. The van der Waals surface area contributed by atoms with E-state index >= 15 is 0 Å². The number of ether oxygens (including phenoxy) is 1. The van der Waals surface area contributed by atoms with E-state index in [4.69, 9.17) is 4.74 Å². The molecule has 0 fully saturated rings. The summed E-state index contributed by atoms with van der Waals surface area (Å²) in [7, 11) is 1.59. The molecule has 2 aromatic rings. The van der Waals surface area contributed by atoms with E-state index in [0.29, 0.717) is 17.1 Å². The monoisotopic (exact) mass is 306 g/mol. The van der Waals surface area contributed by atoms with Crippen LogP contribution in [0.3, 0.4) is 0 Å². The first-order valence-corrected chi connectivity index (χ1v) is 6.06. The standard InChI is InChI=1S/C13H11BrN2O2/c1-18-12-6-5-9(8-10(12)14)16-13(17)11-4-2-3-7-15-11/h2-8H,1H3,(H,16,17). The fourth-order valence-electron chi connectivity index (χ4n) is 1.44. The molecule has 5 heteroatoms. The molecule has 1 aromatic carbocycles. The van der Waals surface area contributed by atoms with E-state index in [-0.39, 0.29) is 5.91 Å². The van der Waals surface area contributed by atoms with Crippen LogP contribution in [0.1, 0.15) is 10.5 Å². The van der Waals surface area contributed by atoms with Gasteiger partial charge in [0.25, 0.3) is 5.91 Å². The molecule has 0 atom stereocenters. The Bertz CT molecular complexity index is 558. The largest absolute Gasteiger partial charge is 0.496 e. The zero-order valence-corrected chi connectivity index (χ0v) is 11.3. The molecule has 0 unspecified atom stereocenters. The van der Waals surface area contributed by atoms with E-state index in [1.807, 2.05) is 0 Å². The summed E-state index contributed by atoms with van der Waals surface area (Å²) in [6.45, 7) is 0. The minimum atomic E-state index is -0.243. The zero-order chi connectivity index (χ0) is 13.0. The third-order valence-corrected chi connectivity index (χ3v) is 2.93. The summed E-state index contributed by atoms with van der Waals surface area (Å²) in [4.78, 5) is 15.8. The van der Waals surface area contributed by atoms with Gasteiger partial charge in [0, 0.05) is 11.9 Å². The quantitative estimate of drug-likeness (QED) is 0.948. The fraction of sp³-hybridized carbons (Fsp3) is 0.0769. The van der Waals surface area contributed by atoms with Gasteiger partial charge in [-0.3, -0.25) is 9.78 Å². The number of aromatic nitrogens is 1. The molecule has 4 nitrogen and oxygen atoms in total. The molecule has 1 aromatic heterocycles. The minimum Gasteiger partial charge on any atom is -0.496 e. The first kappa shape index (κ1) is 12.6. The average Bonchev–Trinajstić information content (AvgIpc) is 2.40. The predicted octanol–water partition coefficient (Wildman–Crippen LogP) is 3.11. The number of hydrogen-bond donors (Lipinski definition) is 1. The van der Waals surface area contributed by atoms with Crippen molar-refractivity contribution in [2.75, 3.05) is 12.4 Å². The van der Waals surface area contributed by atoms with E-state index < -0.39 is 0 Å². The molecule has 0 saturated carbocycles. The first-order valence-electron chi connectivity index (χ1n) is 5.26. The van der Waals surface area contributed by atoms with Crippen LogP contribution in [-0.2, 0) is 0 Å². The van der Waals surface area contributed by atoms with Gasteiger partial charge in [0.2, 0.25) is 0 Å². The molecule has 18 heavy (non-hydrogen) atoms. The molecule has 1 amide bonds. The predicted molar refractivity (Wildman–Crippen MR) is 72.9 cm³/mol. The van der Waals surface area contributed by atoms with Gasteiger partial charge >= 0.3 is 0 Å². The summed E-state index contributed by atoms with van der Waals surface area (Å²) in [6.07, 6.45) is 1.58. The normalized spacial score (nSPS) is 9.89. The molecule has 0 bridgehead atoms. The van der Waals surface area contributed by atoms with Crippen LogP contribution in [0.4, 0.5) is 5.69 Å². The van der Waals surface area contributed by atoms with Gasteiger partial charge in [0.15, 0.2) is 0 Å². The molecule has 0 aliphatic heterocycles. The Hall–Kier alpha value is -1.88. The van der Waals surface area contributed by atoms with E-state index in [1.165, 1.54) is 0 Å². The van der Waals surface area contributed by atoms with Crippen LogP contribution in [0.25, 0.3) is 0 Å². The Kier molecular flexibility index (Phi) is 3.94. The number of methoxy groups -OCH3 is 1. The molecular formula is C13H11BrN2O2. The Morgan fingerprint density at radius 1 is 1.33 bits per heavy atom. The van der Waals surface area contributed by atoms with E-state index in [9.17, 15) is 4.79 Å². The van der Waals surface area contributed by atoms with Gasteiger partial charge in [0.1, 0.15) is 11.4 Å². The number of carbonyl (C=O) groups excluding carboxylic acids is 1. The van der Waals surface area contributed by atoms with Crippen molar-refractivity contribution in [3.05, 3.63) is 52.8 Å². The maximum absolute atomic E-state index is 11.9. The van der Waals surface area contributed by atoms with Crippen LogP contribution >= 0.6 is 15.9 Å². The van der Waals surface area contributed by atoms with Crippen molar-refractivity contribution >= 4 is 27.5 Å². The summed E-state index contributed by atoms with van der Waals surface area (Å²) in [6, 6.07) is 10.5. The number of amides is 1. The van der Waals surface area contributed by atoms with Gasteiger partial charge in [0.05, 0.1) is 11.6 Å². The van der Waals surface area contributed by atoms with Crippen molar-refractivity contribution < 1.29 is 9.53 Å². The molecule has 1 N–H and O–H groups in total. The second-order valence-corrected chi connectivity index (χ2v) is 4.37. The lowest BCUT2D eigenvalue weighted by Crippen LogP contribution is -2.13. The van der Waals surface area contributed by atoms with Crippen LogP contribution in [0.2, 0.25) is 0 Å². The van der Waals surface area contributed by atoms with Gasteiger partial charge in [-0.05, 0) is 46.3 Å². The molecule has 2 rings (SSSR count). The van der Waals surface area contributed by atoms with Crippen molar-refractivity contribution in [3.8, 4) is 5.75 Å². The molecule has 92 valence electrons. The Balaban J connectivity index is 2.15. The van der Waals surface area contributed by atoms with Crippen molar-refractivity contribution in [1.82, 2.24) is 4.98 Å². The van der Waals surface area contributed by atoms with Gasteiger partial charge < -0.3 is 10.1 Å². The van der Waals surface area contributed by atoms with Crippen LogP contribution in [0.15, 0.2) is 47.1 Å². The van der Waals surface area contributed by atoms with Crippen LogP contribution in [0.5, 0.6) is 5.75 Å². The Morgan fingerprint density at radius 2 is 2.17 bits per heavy atom. The van der Waals surface area contributed by atoms with Crippen LogP contribution in [0, 0.1) is 0 Å². The third-order valence-electron chi connectivity index (χ3n) is 2.31. The maximum Gasteiger partial charge on any atom is 0.274 e. The average molecular weight is 307 g/mol. The maximum atomic E-state index is 11.9. The van der Waals surface area contributed by atoms with Gasteiger partial charge in [-0.25, -0.2) is 0 Å². The molecule has 0 aliphatic rings. The summed E-state index contributed by atoms with van der Waals surface area (Å²) < 4.78 is 5.90. The van der Waals surface area contributed by atoms with Gasteiger partial charge in [-0.2, -0.15) is 0 Å². The lowest BCUT2D eigenvalue weighted by Gasteiger charge is -2.07. The molecule has 0 radical (unpaired) electrons. The Morgan fingerprint density at radius 3 is 2.78 bits per heavy atom. The molecule has 0 spiro atoms. The van der Waals surface area contributed by atoms with Crippen molar-refractivity contribution in [1.29, 1.82) is 0 Å². The second kappa shape index (κ2) is 5.64. The summed E-state index contributed by atoms with van der Waals surface area (Å²) in [5, 5.41) is 2.76. The van der Waals surface area contributed by atoms with Gasteiger partial charge in [-0.15, -0.1) is 0 Å². The van der Waals surface area contributed by atoms with Crippen molar-refractivity contribution in [2.45, 2.75) is 0 Å². The number of carbonyl (C=O) groups is 1. The first-order chi connectivity index (χ1) is 8.70. The highest BCUT2D eigenvalue weighted by atomic mass is 79.9. The number of pyridine rings is 1. The van der Waals surface area contributed by atoms with Crippen LogP contribution < -0.4 is 10.1 Å². The lowest BCUT2D eigenvalue weighted by atomic mass is 10.3. The SMILES string of the molecule is COc1ccc(NC(=O)c2ccccn2)cc1Br. The van der Waals surface area contributed by atoms with Crippen LogP contribution in [-0.4, -0.2) is 18.0 Å². The highest BCUT2D eigenvalue weighted by Gasteiger charge is 2.08. The number of nitrogens with zero attached hydrogens (tertiary/aromatic N) is 1. The number of hydrogen-bond acceptors (Lipinski definition) is 3. The number of nitrogens with one attached hydrogen (secondary N) is 1. The number of rotatable bonds is 3. The summed E-state index contributed by atoms with van der Waals surface area (Å²) in [5.41, 5.74) is 1.06. The minimum absolute atomic E-state index is 0.243. The highest BCUT2D eigenvalue weighted by Crippen LogP contribution is 2.27. The fourth-order valence-corrected chi connectivity index (χ4v) is 1.98. The molecule has 0 saturated heterocycles. The number of benzene rings is 1. The molecule has 1 heterocycles. The molecule has 0 aliphatic carbocycles. The van der Waals surface area contributed by atoms with E-state index in [1.54, 1.807) is 49.7 Å². The zero-order valence-electron chi connectivity index (χ0n) is 9.68. The van der Waals surface area contributed by atoms with Crippen molar-refractivity contribution in [3.63, 3.8) is 0 Å². The van der Waals surface area contributed by atoms with Crippen molar-refractivity contribution in [2.24, 2.45) is 0 Å². The molecular weight excluding hydrogens is 296 g/mol. The second-order valence-electron chi connectivity index (χ2n) is 3.52. The summed E-state index contributed by atoms with van der Waals surface area (Å²) in [5.74, 6) is 0.471. The van der Waals surface area contributed by atoms with Gasteiger partial charge in [-0.1, -0.05) is 6.07 Å². The topological polar surface area (TPSA) is 51.2 Å². The van der Waals surface area contributed by atoms with E-state index in [2.05, 4.69) is 26.2 Å².